The molecule has 0 bridgehead atoms. The van der Waals surface area contributed by atoms with E-state index < -0.39 is 0 Å². The zero-order valence-corrected chi connectivity index (χ0v) is 16.0. The Morgan fingerprint density at radius 2 is 1.71 bits per heavy atom. The van der Waals surface area contributed by atoms with Gasteiger partial charge >= 0.3 is 0 Å². The summed E-state index contributed by atoms with van der Waals surface area (Å²) >= 11 is 0. The van der Waals surface area contributed by atoms with Crippen LogP contribution >= 0.6 is 0 Å². The number of hydrazone groups is 1. The van der Waals surface area contributed by atoms with E-state index in [2.05, 4.69) is 22.4 Å². The molecule has 28 heavy (non-hydrogen) atoms. The fraction of sp³-hybridized carbons (Fsp3) is 0.318. The minimum absolute atomic E-state index is 0.0672. The highest BCUT2D eigenvalue weighted by atomic mass is 16.2. The van der Waals surface area contributed by atoms with Gasteiger partial charge in [-0.05, 0) is 62.8 Å². The van der Waals surface area contributed by atoms with Gasteiger partial charge in [0, 0.05) is 11.6 Å². The van der Waals surface area contributed by atoms with Crippen LogP contribution in [0.5, 0.6) is 0 Å². The van der Waals surface area contributed by atoms with E-state index in [0.717, 1.165) is 37.2 Å². The second-order valence-corrected chi connectivity index (χ2v) is 7.39. The van der Waals surface area contributed by atoms with Crippen molar-refractivity contribution in [3.05, 3.63) is 65.7 Å². The Bertz CT molecular complexity index is 885. The molecule has 144 valence electrons. The summed E-state index contributed by atoms with van der Waals surface area (Å²) in [6.45, 7) is 2.01. The third-order valence-corrected chi connectivity index (χ3v) is 5.31. The second kappa shape index (κ2) is 7.94. The van der Waals surface area contributed by atoms with E-state index in [1.807, 2.05) is 30.3 Å². The summed E-state index contributed by atoms with van der Waals surface area (Å²) in [6, 6.07) is 17.0. The smallest absolute Gasteiger partial charge is 0.253 e. The summed E-state index contributed by atoms with van der Waals surface area (Å²) in [7, 11) is 2.10. The Hall–Kier alpha value is -2.99. The molecule has 2 aromatic rings. The van der Waals surface area contributed by atoms with Gasteiger partial charge < -0.3 is 10.2 Å². The van der Waals surface area contributed by atoms with E-state index in [1.165, 1.54) is 5.01 Å². The fourth-order valence-electron chi connectivity index (χ4n) is 3.60. The first-order valence-corrected chi connectivity index (χ1v) is 9.65. The van der Waals surface area contributed by atoms with Gasteiger partial charge in [-0.15, -0.1) is 0 Å². The first kappa shape index (κ1) is 18.4. The topological polar surface area (TPSA) is 65.0 Å². The van der Waals surface area contributed by atoms with Gasteiger partial charge in [-0.2, -0.15) is 5.10 Å². The Kier molecular flexibility index (Phi) is 5.21. The number of amides is 2. The molecule has 4 rings (SSSR count). The number of nitrogens with one attached hydrogen (secondary N) is 1. The SMILES string of the molecule is CN1CCC(NC(=O)c2ccc(N3N=C(c4ccccc4)CC3=O)cc2)CC1. The van der Waals surface area contributed by atoms with Gasteiger partial charge in [-0.3, -0.25) is 9.59 Å². The lowest BCUT2D eigenvalue weighted by Crippen LogP contribution is -2.43. The van der Waals surface area contributed by atoms with Gasteiger partial charge in [0.05, 0.1) is 17.8 Å². The normalized spacial score (nSPS) is 18.2. The highest BCUT2D eigenvalue weighted by Crippen LogP contribution is 2.23. The third-order valence-electron chi connectivity index (χ3n) is 5.31. The van der Waals surface area contributed by atoms with Crippen molar-refractivity contribution in [3.8, 4) is 0 Å². The lowest BCUT2D eigenvalue weighted by atomic mass is 10.0. The van der Waals surface area contributed by atoms with Crippen LogP contribution in [0.15, 0.2) is 59.7 Å². The van der Waals surface area contributed by atoms with Crippen molar-refractivity contribution in [2.75, 3.05) is 25.1 Å². The molecule has 1 fully saturated rings. The molecule has 0 saturated carbocycles. The summed E-state index contributed by atoms with van der Waals surface area (Å²) < 4.78 is 0. The molecule has 0 aromatic heterocycles. The van der Waals surface area contributed by atoms with Crippen molar-refractivity contribution in [2.24, 2.45) is 5.10 Å². The van der Waals surface area contributed by atoms with E-state index in [4.69, 9.17) is 0 Å². The summed E-state index contributed by atoms with van der Waals surface area (Å²) in [4.78, 5) is 27.2. The van der Waals surface area contributed by atoms with Gasteiger partial charge in [-0.25, -0.2) is 5.01 Å². The lowest BCUT2D eigenvalue weighted by molar-refractivity contribution is -0.116. The van der Waals surface area contributed by atoms with Gasteiger partial charge in [0.2, 0.25) is 0 Å². The first-order valence-electron chi connectivity index (χ1n) is 9.65. The number of rotatable bonds is 4. The van der Waals surface area contributed by atoms with Crippen LogP contribution in [0.2, 0.25) is 0 Å². The van der Waals surface area contributed by atoms with Crippen LogP contribution in [0.25, 0.3) is 0 Å². The van der Waals surface area contributed by atoms with E-state index in [-0.39, 0.29) is 24.3 Å². The largest absolute Gasteiger partial charge is 0.349 e. The average Bonchev–Trinajstić information content (AvgIpc) is 3.12. The lowest BCUT2D eigenvalue weighted by Gasteiger charge is -2.29. The van der Waals surface area contributed by atoms with Crippen LogP contribution in [0.3, 0.4) is 0 Å². The number of carbonyl (C=O) groups is 2. The Labute approximate surface area is 164 Å². The maximum Gasteiger partial charge on any atom is 0.253 e. The minimum Gasteiger partial charge on any atom is -0.349 e. The van der Waals surface area contributed by atoms with Gasteiger partial charge in [0.15, 0.2) is 0 Å². The Morgan fingerprint density at radius 3 is 2.39 bits per heavy atom. The fourth-order valence-corrected chi connectivity index (χ4v) is 3.60. The third kappa shape index (κ3) is 3.97. The molecule has 0 unspecified atom stereocenters. The molecule has 2 amide bonds. The van der Waals surface area contributed by atoms with Crippen LogP contribution < -0.4 is 10.3 Å². The van der Waals surface area contributed by atoms with Crippen LogP contribution in [0, 0.1) is 0 Å². The molecule has 0 spiro atoms. The van der Waals surface area contributed by atoms with Crippen LogP contribution in [0.1, 0.15) is 35.2 Å². The Balaban J connectivity index is 1.43. The number of likely N-dealkylation sites (tertiary alicyclic amines) is 1. The van der Waals surface area contributed by atoms with Gasteiger partial charge in [0.25, 0.3) is 11.8 Å². The van der Waals surface area contributed by atoms with Crippen molar-refractivity contribution in [3.63, 3.8) is 0 Å². The molecule has 6 nitrogen and oxygen atoms in total. The quantitative estimate of drug-likeness (QED) is 0.892. The molecule has 6 heteroatoms. The zero-order chi connectivity index (χ0) is 19.5. The van der Waals surface area contributed by atoms with Gasteiger partial charge in [-0.1, -0.05) is 30.3 Å². The highest BCUT2D eigenvalue weighted by molar-refractivity contribution is 6.19. The number of anilines is 1. The number of hydrogen-bond acceptors (Lipinski definition) is 4. The molecule has 2 aliphatic heterocycles. The summed E-state index contributed by atoms with van der Waals surface area (Å²) in [6.07, 6.45) is 2.22. The molecule has 0 aliphatic carbocycles. The van der Waals surface area contributed by atoms with Crippen molar-refractivity contribution in [1.29, 1.82) is 0 Å². The molecule has 0 radical (unpaired) electrons. The molecule has 1 saturated heterocycles. The van der Waals surface area contributed by atoms with Crippen LogP contribution in [-0.2, 0) is 4.79 Å². The van der Waals surface area contributed by atoms with Crippen molar-refractivity contribution < 1.29 is 9.59 Å². The van der Waals surface area contributed by atoms with E-state index in [0.29, 0.717) is 11.3 Å². The molecular formula is C22H24N4O2. The summed E-state index contributed by atoms with van der Waals surface area (Å²) in [5.41, 5.74) is 2.98. The number of piperidine rings is 1. The highest BCUT2D eigenvalue weighted by Gasteiger charge is 2.26. The maximum absolute atomic E-state index is 12.5. The monoisotopic (exact) mass is 376 g/mol. The first-order chi connectivity index (χ1) is 13.6. The van der Waals surface area contributed by atoms with Crippen molar-refractivity contribution in [1.82, 2.24) is 10.2 Å². The molecule has 0 atom stereocenters. The molecule has 2 aromatic carbocycles. The second-order valence-electron chi connectivity index (χ2n) is 7.39. The molecular weight excluding hydrogens is 352 g/mol. The molecule has 2 heterocycles. The van der Waals surface area contributed by atoms with Crippen LogP contribution in [-0.4, -0.2) is 48.6 Å². The Morgan fingerprint density at radius 1 is 1.04 bits per heavy atom. The minimum atomic E-state index is -0.0673. The van der Waals surface area contributed by atoms with E-state index >= 15 is 0 Å². The summed E-state index contributed by atoms with van der Waals surface area (Å²) in [5.74, 6) is -0.135. The van der Waals surface area contributed by atoms with Crippen molar-refractivity contribution in [2.45, 2.75) is 25.3 Å². The van der Waals surface area contributed by atoms with Crippen molar-refractivity contribution >= 4 is 23.2 Å². The number of carbonyl (C=O) groups excluding carboxylic acids is 2. The zero-order valence-electron chi connectivity index (χ0n) is 16.0. The van der Waals surface area contributed by atoms with E-state index in [1.54, 1.807) is 24.3 Å². The van der Waals surface area contributed by atoms with E-state index in [9.17, 15) is 9.59 Å². The predicted octanol–water partition coefficient (Wildman–Crippen LogP) is 2.65. The standard InChI is InChI=1S/C22H24N4O2/c1-25-13-11-18(12-14-25)23-22(28)17-7-9-19(10-8-17)26-21(27)15-20(24-26)16-5-3-2-4-6-16/h2-10,18H,11-15H2,1H3,(H,23,28). The number of hydrogen-bond donors (Lipinski definition) is 1. The molecule has 1 N–H and O–H groups in total. The van der Waals surface area contributed by atoms with Gasteiger partial charge in [0.1, 0.15) is 0 Å². The number of benzene rings is 2. The average molecular weight is 376 g/mol. The predicted molar refractivity (Wildman–Crippen MR) is 110 cm³/mol. The molecule has 2 aliphatic rings. The number of nitrogens with zero attached hydrogens (tertiary/aromatic N) is 3. The maximum atomic E-state index is 12.5. The van der Waals surface area contributed by atoms with Crippen LogP contribution in [0.4, 0.5) is 5.69 Å². The summed E-state index contributed by atoms with van der Waals surface area (Å²) in [5, 5.41) is 9.01.